The molecule has 25 heavy (non-hydrogen) atoms. The van der Waals surface area contributed by atoms with Gasteiger partial charge in [0.1, 0.15) is 17.7 Å². The van der Waals surface area contributed by atoms with Gasteiger partial charge in [0.15, 0.2) is 0 Å². The smallest absolute Gasteiger partial charge is 0.313 e. The highest BCUT2D eigenvalue weighted by molar-refractivity contribution is 6.39. The van der Waals surface area contributed by atoms with Crippen molar-refractivity contribution in [3.05, 3.63) is 64.7 Å². The third kappa shape index (κ3) is 4.98. The summed E-state index contributed by atoms with van der Waals surface area (Å²) in [6.45, 7) is -0.0296. The van der Waals surface area contributed by atoms with E-state index in [0.29, 0.717) is 10.6 Å². The first kappa shape index (κ1) is 18.8. The van der Waals surface area contributed by atoms with E-state index >= 15 is 0 Å². The first-order valence-electron chi connectivity index (χ1n) is 7.24. The number of hydrogen-bond donors (Lipinski definition) is 2. The molecule has 1 atom stereocenters. The quantitative estimate of drug-likeness (QED) is 0.797. The molecule has 0 heterocycles. The van der Waals surface area contributed by atoms with Gasteiger partial charge in [-0.25, -0.2) is 8.78 Å². The molecule has 0 unspecified atom stereocenters. The van der Waals surface area contributed by atoms with Crippen LogP contribution in [-0.4, -0.2) is 25.5 Å². The van der Waals surface area contributed by atoms with E-state index in [2.05, 4.69) is 5.32 Å². The summed E-state index contributed by atoms with van der Waals surface area (Å²) in [4.78, 5) is 23.7. The lowest BCUT2D eigenvalue weighted by atomic mass is 10.1. The Hall–Kier alpha value is -2.51. The highest BCUT2D eigenvalue weighted by atomic mass is 35.5. The Morgan fingerprint density at radius 2 is 1.88 bits per heavy atom. The standard InChI is InChI=1S/C17H15ClF2N2O3/c1-25-15(11-4-2-3-5-12(11)18)9-21-16(23)17(24)22-14-8-10(19)6-7-13(14)20/h2-8,15H,9H2,1H3,(H,21,23)(H,22,24)/t15-/m1/s1. The average molecular weight is 369 g/mol. The van der Waals surface area contributed by atoms with Gasteiger partial charge in [-0.3, -0.25) is 9.59 Å². The van der Waals surface area contributed by atoms with E-state index in [1.807, 2.05) is 5.32 Å². The molecular weight excluding hydrogens is 354 g/mol. The van der Waals surface area contributed by atoms with Crippen LogP contribution in [0.4, 0.5) is 14.5 Å². The van der Waals surface area contributed by atoms with Gasteiger partial charge in [0.05, 0.1) is 5.69 Å². The van der Waals surface area contributed by atoms with Gasteiger partial charge in [0.25, 0.3) is 0 Å². The molecule has 8 heteroatoms. The highest BCUT2D eigenvalue weighted by Crippen LogP contribution is 2.24. The fourth-order valence-electron chi connectivity index (χ4n) is 2.09. The monoisotopic (exact) mass is 368 g/mol. The van der Waals surface area contributed by atoms with E-state index in [0.717, 1.165) is 18.2 Å². The van der Waals surface area contributed by atoms with Crippen molar-refractivity contribution in [2.75, 3.05) is 19.0 Å². The van der Waals surface area contributed by atoms with Crippen LogP contribution in [0.5, 0.6) is 0 Å². The van der Waals surface area contributed by atoms with E-state index in [1.165, 1.54) is 7.11 Å². The summed E-state index contributed by atoms with van der Waals surface area (Å²) in [6.07, 6.45) is -0.573. The zero-order valence-corrected chi connectivity index (χ0v) is 13.9. The van der Waals surface area contributed by atoms with Crippen molar-refractivity contribution in [3.63, 3.8) is 0 Å². The first-order valence-corrected chi connectivity index (χ1v) is 7.61. The van der Waals surface area contributed by atoms with Crippen LogP contribution in [0, 0.1) is 11.6 Å². The molecule has 0 spiro atoms. The molecule has 0 aromatic heterocycles. The minimum Gasteiger partial charge on any atom is -0.375 e. The molecule has 0 bridgehead atoms. The lowest BCUT2D eigenvalue weighted by Gasteiger charge is -2.17. The maximum absolute atomic E-state index is 13.5. The summed E-state index contributed by atoms with van der Waals surface area (Å²) in [6, 6.07) is 9.43. The Bertz CT molecular complexity index is 786. The van der Waals surface area contributed by atoms with Gasteiger partial charge in [-0.2, -0.15) is 0 Å². The van der Waals surface area contributed by atoms with E-state index in [9.17, 15) is 18.4 Å². The molecule has 2 aromatic rings. The summed E-state index contributed by atoms with van der Waals surface area (Å²) in [5.74, 6) is -3.74. The van der Waals surface area contributed by atoms with E-state index in [4.69, 9.17) is 16.3 Å². The predicted octanol–water partition coefficient (Wildman–Crippen LogP) is 3.06. The van der Waals surface area contributed by atoms with Crippen LogP contribution >= 0.6 is 11.6 Å². The number of rotatable bonds is 5. The molecule has 0 fully saturated rings. The van der Waals surface area contributed by atoms with Crippen molar-refractivity contribution in [1.82, 2.24) is 5.32 Å². The van der Waals surface area contributed by atoms with Crippen LogP contribution in [0.1, 0.15) is 11.7 Å². The number of hydrogen-bond acceptors (Lipinski definition) is 3. The molecule has 0 saturated carbocycles. The Labute approximate surface area is 147 Å². The van der Waals surface area contributed by atoms with Gasteiger partial charge in [0.2, 0.25) is 0 Å². The zero-order chi connectivity index (χ0) is 18.4. The van der Waals surface area contributed by atoms with Crippen LogP contribution in [0.2, 0.25) is 5.02 Å². The normalized spacial score (nSPS) is 11.7. The Morgan fingerprint density at radius 3 is 2.56 bits per heavy atom. The minimum atomic E-state index is -1.13. The number of methoxy groups -OCH3 is 1. The van der Waals surface area contributed by atoms with Gasteiger partial charge in [-0.1, -0.05) is 29.8 Å². The van der Waals surface area contributed by atoms with Crippen LogP contribution in [-0.2, 0) is 14.3 Å². The summed E-state index contributed by atoms with van der Waals surface area (Å²) >= 11 is 6.07. The van der Waals surface area contributed by atoms with Crippen LogP contribution in [0.3, 0.4) is 0 Å². The van der Waals surface area contributed by atoms with Crippen LogP contribution in [0.15, 0.2) is 42.5 Å². The van der Waals surface area contributed by atoms with Crippen molar-refractivity contribution in [2.45, 2.75) is 6.10 Å². The molecule has 0 aliphatic rings. The van der Waals surface area contributed by atoms with Crippen molar-refractivity contribution in [2.24, 2.45) is 0 Å². The average Bonchev–Trinajstić information content (AvgIpc) is 2.59. The molecule has 0 radical (unpaired) electrons. The number of anilines is 1. The summed E-state index contributed by atoms with van der Waals surface area (Å²) in [7, 11) is 1.43. The maximum Gasteiger partial charge on any atom is 0.313 e. The second-order valence-corrected chi connectivity index (χ2v) is 5.44. The Kier molecular flexibility index (Phi) is 6.44. The molecule has 132 valence electrons. The third-order valence-corrected chi connectivity index (χ3v) is 3.71. The van der Waals surface area contributed by atoms with E-state index in [1.54, 1.807) is 24.3 Å². The third-order valence-electron chi connectivity index (χ3n) is 3.37. The summed E-state index contributed by atoms with van der Waals surface area (Å²) in [5, 5.41) is 4.83. The predicted molar refractivity (Wildman–Crippen MR) is 89.2 cm³/mol. The van der Waals surface area contributed by atoms with Crippen LogP contribution < -0.4 is 10.6 Å². The SMILES string of the molecule is CO[C@H](CNC(=O)C(=O)Nc1cc(F)ccc1F)c1ccccc1Cl. The molecule has 2 amide bonds. The van der Waals surface area contributed by atoms with Gasteiger partial charge < -0.3 is 15.4 Å². The fraction of sp³-hybridized carbons (Fsp3) is 0.176. The number of carbonyl (C=O) groups is 2. The van der Waals surface area contributed by atoms with E-state index < -0.39 is 35.2 Å². The number of amides is 2. The number of nitrogens with one attached hydrogen (secondary N) is 2. The van der Waals surface area contributed by atoms with Gasteiger partial charge in [0, 0.05) is 30.3 Å². The maximum atomic E-state index is 13.5. The molecule has 5 nitrogen and oxygen atoms in total. The molecule has 0 aliphatic carbocycles. The summed E-state index contributed by atoms with van der Waals surface area (Å²) < 4.78 is 31.8. The van der Waals surface area contributed by atoms with E-state index in [-0.39, 0.29) is 6.54 Å². The molecule has 2 aromatic carbocycles. The second kappa shape index (κ2) is 8.55. The van der Waals surface area contributed by atoms with Crippen LogP contribution in [0.25, 0.3) is 0 Å². The number of halogens is 3. The van der Waals surface area contributed by atoms with Crippen molar-refractivity contribution >= 4 is 29.1 Å². The zero-order valence-electron chi connectivity index (χ0n) is 13.2. The van der Waals surface area contributed by atoms with Crippen molar-refractivity contribution in [1.29, 1.82) is 0 Å². The first-order chi connectivity index (χ1) is 11.9. The van der Waals surface area contributed by atoms with Crippen molar-refractivity contribution in [3.8, 4) is 0 Å². The molecule has 0 aliphatic heterocycles. The fourth-order valence-corrected chi connectivity index (χ4v) is 2.35. The number of benzene rings is 2. The number of carbonyl (C=O) groups excluding carboxylic acids is 2. The molecule has 2 rings (SSSR count). The Balaban J connectivity index is 1.98. The molecule has 2 N–H and O–H groups in total. The largest absolute Gasteiger partial charge is 0.375 e. The lowest BCUT2D eigenvalue weighted by Crippen LogP contribution is -2.38. The summed E-state index contributed by atoms with van der Waals surface area (Å²) in [5.41, 5.74) is 0.220. The van der Waals surface area contributed by atoms with Gasteiger partial charge >= 0.3 is 11.8 Å². The topological polar surface area (TPSA) is 67.4 Å². The lowest BCUT2D eigenvalue weighted by molar-refractivity contribution is -0.136. The molecule has 0 saturated heterocycles. The van der Waals surface area contributed by atoms with Gasteiger partial charge in [-0.15, -0.1) is 0 Å². The minimum absolute atomic E-state index is 0.0296. The second-order valence-electron chi connectivity index (χ2n) is 5.03. The molecular formula is C17H15ClF2N2O3. The van der Waals surface area contributed by atoms with Gasteiger partial charge in [-0.05, 0) is 18.2 Å². The highest BCUT2D eigenvalue weighted by Gasteiger charge is 2.19. The number of ether oxygens (including phenoxy) is 1. The van der Waals surface area contributed by atoms with Crippen molar-refractivity contribution < 1.29 is 23.1 Å². The Morgan fingerprint density at radius 1 is 1.16 bits per heavy atom.